The Morgan fingerprint density at radius 3 is 2.41 bits per heavy atom. The van der Waals surface area contributed by atoms with E-state index in [1.165, 1.54) is 26.2 Å². The second-order valence-electron chi connectivity index (χ2n) is 5.83. The Hall–Kier alpha value is -1.30. The molecule has 5 heteroatoms. The molecule has 0 aliphatic carbocycles. The van der Waals surface area contributed by atoms with Gasteiger partial charge in [0.2, 0.25) is 0 Å². The number of quaternary nitrogens is 2. The van der Waals surface area contributed by atoms with E-state index >= 15 is 0 Å². The Bertz CT molecular complexity index is 420. The summed E-state index contributed by atoms with van der Waals surface area (Å²) in [7, 11) is 2.27. The number of benzene rings is 1. The summed E-state index contributed by atoms with van der Waals surface area (Å²) in [5.41, 5.74) is 0. The molecule has 1 aromatic rings. The van der Waals surface area contributed by atoms with E-state index in [4.69, 9.17) is 14.2 Å². The molecule has 0 spiro atoms. The van der Waals surface area contributed by atoms with Crippen molar-refractivity contribution in [3.05, 3.63) is 24.3 Å². The van der Waals surface area contributed by atoms with Crippen LogP contribution in [0.25, 0.3) is 0 Å². The van der Waals surface area contributed by atoms with E-state index in [2.05, 4.69) is 7.05 Å². The number of hydrogen-bond donors (Lipinski definition) is 2. The number of hydrogen-bond acceptors (Lipinski definition) is 3. The molecule has 1 aromatic carbocycles. The predicted molar refractivity (Wildman–Crippen MR) is 86.1 cm³/mol. The van der Waals surface area contributed by atoms with Gasteiger partial charge in [-0.1, -0.05) is 6.07 Å². The van der Waals surface area contributed by atoms with Crippen LogP contribution in [0.5, 0.6) is 11.5 Å². The molecule has 2 rings (SSSR count). The zero-order valence-electron chi connectivity index (χ0n) is 13.9. The molecule has 0 bridgehead atoms. The normalized spacial score (nSPS) is 21.5. The number of rotatable bonds is 9. The van der Waals surface area contributed by atoms with Crippen molar-refractivity contribution in [2.45, 2.75) is 6.92 Å². The molecule has 0 amide bonds. The summed E-state index contributed by atoms with van der Waals surface area (Å²) in [4.78, 5) is 3.31. The van der Waals surface area contributed by atoms with Gasteiger partial charge in [-0.3, -0.25) is 0 Å². The van der Waals surface area contributed by atoms with Gasteiger partial charge in [0.1, 0.15) is 50.8 Å². The van der Waals surface area contributed by atoms with E-state index in [0.717, 1.165) is 24.7 Å². The predicted octanol–water partition coefficient (Wildman–Crippen LogP) is -1.11. The molecule has 124 valence electrons. The second-order valence-corrected chi connectivity index (χ2v) is 5.83. The first kappa shape index (κ1) is 17.1. The van der Waals surface area contributed by atoms with Gasteiger partial charge in [0.05, 0.1) is 26.9 Å². The fourth-order valence-corrected chi connectivity index (χ4v) is 2.64. The number of nitrogens with one attached hydrogen (secondary N) is 2. The van der Waals surface area contributed by atoms with Gasteiger partial charge < -0.3 is 24.0 Å². The molecule has 0 saturated carbocycles. The molecular formula is C17H30N2O3+2. The lowest BCUT2D eigenvalue weighted by atomic mass is 10.3. The Balaban J connectivity index is 1.53. The molecule has 0 atom stereocenters. The Morgan fingerprint density at radius 1 is 0.955 bits per heavy atom. The van der Waals surface area contributed by atoms with E-state index in [1.54, 1.807) is 9.80 Å². The molecule has 1 saturated heterocycles. The van der Waals surface area contributed by atoms with Crippen LogP contribution in [0.15, 0.2) is 24.3 Å². The average Bonchev–Trinajstić information content (AvgIpc) is 2.53. The van der Waals surface area contributed by atoms with Crippen molar-refractivity contribution < 1.29 is 24.0 Å². The number of ether oxygens (including phenoxy) is 3. The number of piperazine rings is 1. The molecule has 1 heterocycles. The Kier molecular flexibility index (Phi) is 7.49. The lowest BCUT2D eigenvalue weighted by Crippen LogP contribution is -3.27. The third-order valence-electron chi connectivity index (χ3n) is 4.02. The third kappa shape index (κ3) is 6.22. The maximum Gasteiger partial charge on any atom is 0.127 e. The largest absolute Gasteiger partial charge is 0.494 e. The van der Waals surface area contributed by atoms with Gasteiger partial charge in [-0.2, -0.15) is 0 Å². The van der Waals surface area contributed by atoms with Crippen molar-refractivity contribution in [2.75, 3.05) is 66.2 Å². The monoisotopic (exact) mass is 310 g/mol. The van der Waals surface area contributed by atoms with Crippen LogP contribution in [0.2, 0.25) is 0 Å². The molecule has 0 aromatic heterocycles. The summed E-state index contributed by atoms with van der Waals surface area (Å²) in [5.74, 6) is 1.68. The van der Waals surface area contributed by atoms with Gasteiger partial charge in [0.15, 0.2) is 0 Å². The molecule has 0 unspecified atom stereocenters. The minimum atomic E-state index is 0.581. The van der Waals surface area contributed by atoms with E-state index in [-0.39, 0.29) is 0 Å². The van der Waals surface area contributed by atoms with Crippen molar-refractivity contribution in [3.8, 4) is 11.5 Å². The lowest BCUT2D eigenvalue weighted by molar-refractivity contribution is -1.00. The SMILES string of the molecule is CCOc1cccc(OCCOCC[NH+]2CC[NH+](C)CC2)c1. The van der Waals surface area contributed by atoms with Crippen molar-refractivity contribution in [1.82, 2.24) is 0 Å². The van der Waals surface area contributed by atoms with Crippen LogP contribution in [-0.4, -0.2) is 66.2 Å². The molecule has 22 heavy (non-hydrogen) atoms. The van der Waals surface area contributed by atoms with Gasteiger partial charge in [0.25, 0.3) is 0 Å². The zero-order valence-corrected chi connectivity index (χ0v) is 13.9. The van der Waals surface area contributed by atoms with Crippen LogP contribution < -0.4 is 19.3 Å². The fourth-order valence-electron chi connectivity index (χ4n) is 2.64. The van der Waals surface area contributed by atoms with Crippen molar-refractivity contribution in [3.63, 3.8) is 0 Å². The smallest absolute Gasteiger partial charge is 0.127 e. The third-order valence-corrected chi connectivity index (χ3v) is 4.02. The van der Waals surface area contributed by atoms with Gasteiger partial charge in [-0.25, -0.2) is 0 Å². The van der Waals surface area contributed by atoms with E-state index < -0.39 is 0 Å². The van der Waals surface area contributed by atoms with Crippen LogP contribution in [-0.2, 0) is 4.74 Å². The van der Waals surface area contributed by atoms with Crippen molar-refractivity contribution in [2.24, 2.45) is 0 Å². The average molecular weight is 310 g/mol. The molecule has 1 fully saturated rings. The molecular weight excluding hydrogens is 280 g/mol. The summed E-state index contributed by atoms with van der Waals surface area (Å²) in [6.07, 6.45) is 0. The summed E-state index contributed by atoms with van der Waals surface area (Å²) < 4.78 is 16.8. The first-order valence-electron chi connectivity index (χ1n) is 8.36. The van der Waals surface area contributed by atoms with Crippen LogP contribution >= 0.6 is 0 Å². The van der Waals surface area contributed by atoms with E-state index in [1.807, 2.05) is 31.2 Å². The summed E-state index contributed by atoms with van der Waals surface area (Å²) >= 11 is 0. The molecule has 0 radical (unpaired) electrons. The van der Waals surface area contributed by atoms with E-state index in [0.29, 0.717) is 19.8 Å². The standard InChI is InChI=1S/C17H28N2O3/c1-3-21-16-5-4-6-17(15-16)22-14-13-20-12-11-19-9-7-18(2)8-10-19/h4-6,15H,3,7-14H2,1-2H3/p+2. The van der Waals surface area contributed by atoms with Gasteiger partial charge in [0, 0.05) is 6.07 Å². The van der Waals surface area contributed by atoms with Crippen LogP contribution in [0.1, 0.15) is 6.92 Å². The van der Waals surface area contributed by atoms with E-state index in [9.17, 15) is 0 Å². The van der Waals surface area contributed by atoms with Gasteiger partial charge in [-0.15, -0.1) is 0 Å². The first-order chi connectivity index (χ1) is 10.8. The Morgan fingerprint density at radius 2 is 1.68 bits per heavy atom. The zero-order chi connectivity index (χ0) is 15.6. The topological polar surface area (TPSA) is 36.6 Å². The molecule has 1 aliphatic heterocycles. The molecule has 2 N–H and O–H groups in total. The highest BCUT2D eigenvalue weighted by Crippen LogP contribution is 2.19. The van der Waals surface area contributed by atoms with Crippen LogP contribution in [0.3, 0.4) is 0 Å². The summed E-state index contributed by atoms with van der Waals surface area (Å²) in [6.45, 7) is 10.8. The maximum atomic E-state index is 5.68. The second kappa shape index (κ2) is 9.66. The highest BCUT2D eigenvalue weighted by molar-refractivity contribution is 5.32. The first-order valence-corrected chi connectivity index (χ1v) is 8.36. The molecule has 1 aliphatic rings. The lowest BCUT2D eigenvalue weighted by Gasteiger charge is -2.27. The fraction of sp³-hybridized carbons (Fsp3) is 0.647. The van der Waals surface area contributed by atoms with Crippen LogP contribution in [0.4, 0.5) is 0 Å². The summed E-state index contributed by atoms with van der Waals surface area (Å²) in [5, 5.41) is 0. The van der Waals surface area contributed by atoms with Crippen molar-refractivity contribution >= 4 is 0 Å². The quantitative estimate of drug-likeness (QED) is 0.568. The maximum absolute atomic E-state index is 5.68. The summed E-state index contributed by atoms with van der Waals surface area (Å²) in [6, 6.07) is 7.74. The minimum Gasteiger partial charge on any atom is -0.494 e. The highest BCUT2D eigenvalue weighted by Gasteiger charge is 2.18. The number of likely N-dealkylation sites (N-methyl/N-ethyl adjacent to an activating group) is 1. The highest BCUT2D eigenvalue weighted by atomic mass is 16.5. The van der Waals surface area contributed by atoms with Crippen LogP contribution in [0, 0.1) is 0 Å². The molecule has 5 nitrogen and oxygen atoms in total. The van der Waals surface area contributed by atoms with Gasteiger partial charge in [-0.05, 0) is 19.1 Å². The Labute approximate surface area is 133 Å². The van der Waals surface area contributed by atoms with Gasteiger partial charge >= 0.3 is 0 Å². The van der Waals surface area contributed by atoms with Crippen molar-refractivity contribution in [1.29, 1.82) is 0 Å². The minimum absolute atomic E-state index is 0.581.